The monoisotopic (exact) mass is 386 g/mol. The lowest BCUT2D eigenvalue weighted by atomic mass is 9.61. The number of nitrogens with zero attached hydrogens (tertiary/aromatic N) is 2. The molecule has 5 nitrogen and oxygen atoms in total. The number of alkyl halides is 3. The summed E-state index contributed by atoms with van der Waals surface area (Å²) in [6.07, 6.45) is -0.960. The van der Waals surface area contributed by atoms with Crippen molar-refractivity contribution < 1.29 is 27.4 Å². The third-order valence-electron chi connectivity index (χ3n) is 5.13. The largest absolute Gasteiger partial charge is 0.488 e. The van der Waals surface area contributed by atoms with Crippen molar-refractivity contribution in [3.8, 4) is 5.75 Å². The molecule has 2 fully saturated rings. The van der Waals surface area contributed by atoms with E-state index in [0.29, 0.717) is 25.9 Å². The van der Waals surface area contributed by atoms with Crippen LogP contribution in [-0.4, -0.2) is 40.8 Å². The number of rotatable bonds is 2. The van der Waals surface area contributed by atoms with Crippen LogP contribution < -0.4 is 4.74 Å². The van der Waals surface area contributed by atoms with Gasteiger partial charge < -0.3 is 14.4 Å². The Morgan fingerprint density at radius 2 is 1.85 bits per heavy atom. The SMILES string of the molecule is CC(C)(C)OC(=O)N1CCC2(CC1)CC(Oc1cccnc1C(F)(F)F)C2. The van der Waals surface area contributed by atoms with Crippen molar-refractivity contribution in [2.45, 2.75) is 64.3 Å². The maximum Gasteiger partial charge on any atom is 0.437 e. The van der Waals surface area contributed by atoms with Gasteiger partial charge in [-0.25, -0.2) is 9.78 Å². The summed E-state index contributed by atoms with van der Waals surface area (Å²) in [6, 6.07) is 2.75. The molecule has 3 rings (SSSR count). The van der Waals surface area contributed by atoms with E-state index < -0.39 is 17.5 Å². The first-order valence-electron chi connectivity index (χ1n) is 9.14. The van der Waals surface area contributed by atoms with E-state index in [0.717, 1.165) is 19.0 Å². The van der Waals surface area contributed by atoms with Gasteiger partial charge >= 0.3 is 12.3 Å². The van der Waals surface area contributed by atoms with Gasteiger partial charge in [0.1, 0.15) is 5.60 Å². The highest BCUT2D eigenvalue weighted by Crippen LogP contribution is 2.51. The van der Waals surface area contributed by atoms with Crippen LogP contribution in [0.15, 0.2) is 18.3 Å². The van der Waals surface area contributed by atoms with Crippen molar-refractivity contribution >= 4 is 6.09 Å². The van der Waals surface area contributed by atoms with E-state index in [2.05, 4.69) is 4.98 Å². The zero-order chi connectivity index (χ0) is 19.9. The molecule has 0 aromatic carbocycles. The van der Waals surface area contributed by atoms with Crippen LogP contribution in [0.2, 0.25) is 0 Å². The number of hydrogen-bond donors (Lipinski definition) is 0. The van der Waals surface area contributed by atoms with E-state index in [4.69, 9.17) is 9.47 Å². The molecule has 0 radical (unpaired) electrons. The number of ether oxygens (including phenoxy) is 2. The van der Waals surface area contributed by atoms with Crippen molar-refractivity contribution in [1.82, 2.24) is 9.88 Å². The fraction of sp³-hybridized carbons (Fsp3) is 0.684. The first-order valence-corrected chi connectivity index (χ1v) is 9.14. The molecule has 1 saturated heterocycles. The van der Waals surface area contributed by atoms with E-state index in [9.17, 15) is 18.0 Å². The molecule has 2 aliphatic rings. The zero-order valence-electron chi connectivity index (χ0n) is 15.8. The number of carbonyl (C=O) groups excluding carboxylic acids is 1. The molecule has 1 amide bonds. The normalized spacial score (nSPS) is 20.3. The van der Waals surface area contributed by atoms with Crippen LogP contribution in [-0.2, 0) is 10.9 Å². The summed E-state index contributed by atoms with van der Waals surface area (Å²) in [5.41, 5.74) is -1.46. The maximum atomic E-state index is 13.0. The Morgan fingerprint density at radius 3 is 2.41 bits per heavy atom. The number of piperidine rings is 1. The Balaban J connectivity index is 1.52. The Bertz CT molecular complexity index is 684. The molecule has 0 atom stereocenters. The van der Waals surface area contributed by atoms with Gasteiger partial charge in [0.2, 0.25) is 0 Å². The van der Waals surface area contributed by atoms with Crippen molar-refractivity contribution in [1.29, 1.82) is 0 Å². The fourth-order valence-electron chi connectivity index (χ4n) is 3.77. The second-order valence-electron chi connectivity index (χ2n) is 8.46. The summed E-state index contributed by atoms with van der Waals surface area (Å²) in [5.74, 6) is -0.212. The third-order valence-corrected chi connectivity index (χ3v) is 5.13. The third kappa shape index (κ3) is 4.65. The number of carbonyl (C=O) groups is 1. The van der Waals surface area contributed by atoms with Gasteiger partial charge in [0.15, 0.2) is 11.4 Å². The summed E-state index contributed by atoms with van der Waals surface area (Å²) < 4.78 is 50.0. The van der Waals surface area contributed by atoms with Gasteiger partial charge in [0.25, 0.3) is 0 Å². The molecule has 0 unspecified atom stereocenters. The molecule has 1 aromatic heterocycles. The molecule has 0 bridgehead atoms. The summed E-state index contributed by atoms with van der Waals surface area (Å²) in [5, 5.41) is 0. The molecule has 2 heterocycles. The molecular formula is C19H25F3N2O3. The number of hydrogen-bond acceptors (Lipinski definition) is 4. The second-order valence-corrected chi connectivity index (χ2v) is 8.46. The van der Waals surface area contributed by atoms with Gasteiger partial charge in [-0.15, -0.1) is 0 Å². The Kier molecular flexibility index (Phi) is 5.03. The van der Waals surface area contributed by atoms with Crippen molar-refractivity contribution in [3.05, 3.63) is 24.0 Å². The lowest BCUT2D eigenvalue weighted by Crippen LogP contribution is -2.52. The molecule has 1 aliphatic heterocycles. The Morgan fingerprint density at radius 1 is 1.22 bits per heavy atom. The van der Waals surface area contributed by atoms with Crippen molar-refractivity contribution in [2.24, 2.45) is 5.41 Å². The van der Waals surface area contributed by atoms with Crippen LogP contribution in [0.4, 0.5) is 18.0 Å². The minimum absolute atomic E-state index is 0.0454. The average Bonchev–Trinajstić information content (AvgIpc) is 2.52. The average molecular weight is 386 g/mol. The molecule has 1 spiro atoms. The Labute approximate surface area is 156 Å². The van der Waals surface area contributed by atoms with Gasteiger partial charge in [-0.2, -0.15) is 13.2 Å². The molecule has 8 heteroatoms. The zero-order valence-corrected chi connectivity index (χ0v) is 15.8. The van der Waals surface area contributed by atoms with Crippen LogP contribution in [0, 0.1) is 5.41 Å². The quantitative estimate of drug-likeness (QED) is 0.742. The number of halogens is 3. The van der Waals surface area contributed by atoms with Crippen LogP contribution in [0.5, 0.6) is 5.75 Å². The molecule has 1 aliphatic carbocycles. The highest BCUT2D eigenvalue weighted by atomic mass is 19.4. The first-order chi connectivity index (χ1) is 12.5. The van der Waals surface area contributed by atoms with E-state index >= 15 is 0 Å². The molecule has 1 aromatic rings. The molecule has 0 N–H and O–H groups in total. The minimum atomic E-state index is -4.53. The number of pyridine rings is 1. The summed E-state index contributed by atoms with van der Waals surface area (Å²) >= 11 is 0. The standard InChI is InChI=1S/C19H25F3N2O3/c1-17(2,3)27-16(25)24-9-6-18(7-10-24)11-13(12-18)26-14-5-4-8-23-15(14)19(20,21)22/h4-5,8,13H,6-7,9-12H2,1-3H3. The van der Waals surface area contributed by atoms with E-state index in [1.165, 1.54) is 12.1 Å². The molecule has 27 heavy (non-hydrogen) atoms. The van der Waals surface area contributed by atoms with E-state index in [1.807, 2.05) is 20.8 Å². The first kappa shape index (κ1) is 19.8. The molecular weight excluding hydrogens is 361 g/mol. The minimum Gasteiger partial charge on any atom is -0.488 e. The topological polar surface area (TPSA) is 51.7 Å². The number of likely N-dealkylation sites (tertiary alicyclic amines) is 1. The smallest absolute Gasteiger partial charge is 0.437 e. The van der Waals surface area contributed by atoms with E-state index in [-0.39, 0.29) is 23.4 Å². The highest BCUT2D eigenvalue weighted by molar-refractivity contribution is 5.68. The second kappa shape index (κ2) is 6.87. The lowest BCUT2D eigenvalue weighted by molar-refractivity contribution is -0.144. The van der Waals surface area contributed by atoms with Gasteiger partial charge in [-0.05, 0) is 64.0 Å². The highest BCUT2D eigenvalue weighted by Gasteiger charge is 2.48. The fourth-order valence-corrected chi connectivity index (χ4v) is 3.77. The van der Waals surface area contributed by atoms with Crippen LogP contribution in [0.1, 0.15) is 52.1 Å². The lowest BCUT2D eigenvalue weighted by Gasteiger charge is -2.51. The number of amides is 1. The predicted molar refractivity (Wildman–Crippen MR) is 92.4 cm³/mol. The molecule has 1 saturated carbocycles. The van der Waals surface area contributed by atoms with E-state index in [1.54, 1.807) is 4.90 Å². The summed E-state index contributed by atoms with van der Waals surface area (Å²) in [7, 11) is 0. The maximum absolute atomic E-state index is 13.0. The predicted octanol–water partition coefficient (Wildman–Crippen LogP) is 4.66. The van der Waals surface area contributed by atoms with Crippen LogP contribution >= 0.6 is 0 Å². The van der Waals surface area contributed by atoms with Crippen molar-refractivity contribution in [2.75, 3.05) is 13.1 Å². The van der Waals surface area contributed by atoms with Crippen LogP contribution in [0.25, 0.3) is 0 Å². The van der Waals surface area contributed by atoms with Gasteiger partial charge in [0.05, 0.1) is 6.10 Å². The van der Waals surface area contributed by atoms with Gasteiger partial charge in [0, 0.05) is 19.3 Å². The number of aromatic nitrogens is 1. The molecule has 150 valence electrons. The summed E-state index contributed by atoms with van der Waals surface area (Å²) in [6.45, 7) is 6.69. The van der Waals surface area contributed by atoms with Crippen molar-refractivity contribution in [3.63, 3.8) is 0 Å². The van der Waals surface area contributed by atoms with Crippen LogP contribution in [0.3, 0.4) is 0 Å². The van der Waals surface area contributed by atoms with Gasteiger partial charge in [-0.3, -0.25) is 0 Å². The van der Waals surface area contributed by atoms with Gasteiger partial charge in [-0.1, -0.05) is 0 Å². The Hall–Kier alpha value is -1.99. The summed E-state index contributed by atoms with van der Waals surface area (Å²) in [4.78, 5) is 17.3.